The van der Waals surface area contributed by atoms with Crippen LogP contribution in [-0.4, -0.2) is 59.4 Å². The summed E-state index contributed by atoms with van der Waals surface area (Å²) >= 11 is 0. The zero-order valence-electron chi connectivity index (χ0n) is 16.5. The Labute approximate surface area is 162 Å². The molecular formula is C21H31N5O. The monoisotopic (exact) mass is 369 g/mol. The molecule has 1 aliphatic rings. The number of hydrogen-bond donors (Lipinski definition) is 1. The van der Waals surface area contributed by atoms with Crippen LogP contribution >= 0.6 is 0 Å². The number of aryl methyl sites for hydroxylation is 2. The molecule has 1 aromatic heterocycles. The van der Waals surface area contributed by atoms with Gasteiger partial charge in [0.15, 0.2) is 0 Å². The molecule has 2 aromatic rings. The van der Waals surface area contributed by atoms with Gasteiger partial charge < -0.3 is 10.2 Å². The van der Waals surface area contributed by atoms with Crippen molar-refractivity contribution in [2.45, 2.75) is 32.2 Å². The molecule has 1 N–H and O–H groups in total. The molecule has 0 unspecified atom stereocenters. The molecule has 6 nitrogen and oxygen atoms in total. The average Bonchev–Trinajstić information content (AvgIpc) is 3.11. The van der Waals surface area contributed by atoms with Crippen LogP contribution in [0, 0.1) is 0 Å². The SMILES string of the molecule is C[C@@H](CCN1CCN(c2ccccc2)CC1)NC(=O)CCc1cnn(C)c1. The Kier molecular flexibility index (Phi) is 6.87. The van der Waals surface area contributed by atoms with Gasteiger partial charge in [0.05, 0.1) is 6.20 Å². The Morgan fingerprint density at radius 3 is 2.59 bits per heavy atom. The third-order valence-corrected chi connectivity index (χ3v) is 5.18. The first-order valence-corrected chi connectivity index (χ1v) is 9.89. The normalized spacial score (nSPS) is 16.3. The predicted octanol–water partition coefficient (Wildman–Crippen LogP) is 2.07. The van der Waals surface area contributed by atoms with E-state index in [0.717, 1.165) is 51.1 Å². The molecule has 2 heterocycles. The van der Waals surface area contributed by atoms with Crippen LogP contribution in [0.1, 0.15) is 25.3 Å². The Bertz CT molecular complexity index is 706. The lowest BCUT2D eigenvalue weighted by molar-refractivity contribution is -0.121. The highest BCUT2D eigenvalue weighted by Gasteiger charge is 2.17. The fraction of sp³-hybridized carbons (Fsp3) is 0.524. The van der Waals surface area contributed by atoms with Crippen LogP contribution < -0.4 is 10.2 Å². The van der Waals surface area contributed by atoms with E-state index in [0.29, 0.717) is 6.42 Å². The van der Waals surface area contributed by atoms with Gasteiger partial charge in [-0.15, -0.1) is 0 Å². The third-order valence-electron chi connectivity index (χ3n) is 5.18. The molecule has 0 aliphatic carbocycles. The van der Waals surface area contributed by atoms with Crippen molar-refractivity contribution >= 4 is 11.6 Å². The number of carbonyl (C=O) groups is 1. The maximum atomic E-state index is 12.1. The van der Waals surface area contributed by atoms with Gasteiger partial charge in [-0.3, -0.25) is 14.4 Å². The predicted molar refractivity (Wildman–Crippen MR) is 109 cm³/mol. The molecule has 1 amide bonds. The number of nitrogens with one attached hydrogen (secondary N) is 1. The highest BCUT2D eigenvalue weighted by atomic mass is 16.1. The Hall–Kier alpha value is -2.34. The lowest BCUT2D eigenvalue weighted by atomic mass is 10.1. The molecular weight excluding hydrogens is 338 g/mol. The molecule has 1 saturated heterocycles. The van der Waals surface area contributed by atoms with Crippen LogP contribution in [0.4, 0.5) is 5.69 Å². The van der Waals surface area contributed by atoms with Gasteiger partial charge in [0.1, 0.15) is 0 Å². The second-order valence-electron chi connectivity index (χ2n) is 7.44. The second kappa shape index (κ2) is 9.55. The number of para-hydroxylation sites is 1. The molecule has 1 fully saturated rings. The van der Waals surface area contributed by atoms with Crippen LogP contribution in [0.25, 0.3) is 0 Å². The van der Waals surface area contributed by atoms with E-state index >= 15 is 0 Å². The fourth-order valence-corrected chi connectivity index (χ4v) is 3.52. The van der Waals surface area contributed by atoms with Gasteiger partial charge in [0.25, 0.3) is 0 Å². The molecule has 27 heavy (non-hydrogen) atoms. The van der Waals surface area contributed by atoms with E-state index in [2.05, 4.69) is 57.5 Å². The molecule has 0 spiro atoms. The molecule has 3 rings (SSSR count). The largest absolute Gasteiger partial charge is 0.369 e. The minimum atomic E-state index is 0.125. The van der Waals surface area contributed by atoms with Gasteiger partial charge in [0.2, 0.25) is 5.91 Å². The highest BCUT2D eigenvalue weighted by molar-refractivity contribution is 5.76. The molecule has 146 valence electrons. The Balaban J connectivity index is 1.31. The summed E-state index contributed by atoms with van der Waals surface area (Å²) < 4.78 is 1.77. The summed E-state index contributed by atoms with van der Waals surface area (Å²) in [4.78, 5) is 17.1. The maximum Gasteiger partial charge on any atom is 0.220 e. The summed E-state index contributed by atoms with van der Waals surface area (Å²) in [6, 6.07) is 10.8. The zero-order chi connectivity index (χ0) is 19.1. The summed E-state index contributed by atoms with van der Waals surface area (Å²) in [5.74, 6) is 0.125. The number of carbonyl (C=O) groups excluding carboxylic acids is 1. The number of benzene rings is 1. The van der Waals surface area contributed by atoms with E-state index in [1.165, 1.54) is 5.69 Å². The lowest BCUT2D eigenvalue weighted by Crippen LogP contribution is -2.47. The number of rotatable bonds is 8. The van der Waals surface area contributed by atoms with Crippen molar-refractivity contribution in [3.63, 3.8) is 0 Å². The van der Waals surface area contributed by atoms with E-state index in [1.807, 2.05) is 19.4 Å². The minimum absolute atomic E-state index is 0.125. The molecule has 0 saturated carbocycles. The van der Waals surface area contributed by atoms with Crippen molar-refractivity contribution in [1.82, 2.24) is 20.0 Å². The van der Waals surface area contributed by atoms with Gasteiger partial charge in [0, 0.05) is 64.1 Å². The van der Waals surface area contributed by atoms with Gasteiger partial charge in [-0.2, -0.15) is 5.10 Å². The van der Waals surface area contributed by atoms with E-state index in [1.54, 1.807) is 4.68 Å². The van der Waals surface area contributed by atoms with E-state index in [-0.39, 0.29) is 11.9 Å². The molecule has 1 atom stereocenters. The average molecular weight is 370 g/mol. The molecule has 0 radical (unpaired) electrons. The fourth-order valence-electron chi connectivity index (χ4n) is 3.52. The minimum Gasteiger partial charge on any atom is -0.369 e. The van der Waals surface area contributed by atoms with Crippen molar-refractivity contribution in [1.29, 1.82) is 0 Å². The van der Waals surface area contributed by atoms with E-state index < -0.39 is 0 Å². The number of anilines is 1. The van der Waals surface area contributed by atoms with E-state index in [4.69, 9.17) is 0 Å². The Morgan fingerprint density at radius 1 is 1.19 bits per heavy atom. The number of aromatic nitrogens is 2. The van der Waals surface area contributed by atoms with Crippen LogP contribution in [0.3, 0.4) is 0 Å². The van der Waals surface area contributed by atoms with Crippen molar-refractivity contribution in [3.05, 3.63) is 48.3 Å². The number of amides is 1. The summed E-state index contributed by atoms with van der Waals surface area (Å²) in [6.45, 7) is 7.42. The summed E-state index contributed by atoms with van der Waals surface area (Å²) in [7, 11) is 1.89. The smallest absolute Gasteiger partial charge is 0.220 e. The quantitative estimate of drug-likeness (QED) is 0.774. The van der Waals surface area contributed by atoms with Crippen LogP contribution in [-0.2, 0) is 18.3 Å². The topological polar surface area (TPSA) is 53.4 Å². The van der Waals surface area contributed by atoms with Crippen molar-refractivity contribution in [2.75, 3.05) is 37.6 Å². The van der Waals surface area contributed by atoms with Gasteiger partial charge in [-0.05, 0) is 37.5 Å². The number of nitrogens with zero attached hydrogens (tertiary/aromatic N) is 4. The first-order chi connectivity index (χ1) is 13.1. The summed E-state index contributed by atoms with van der Waals surface area (Å²) in [5, 5.41) is 7.27. The summed E-state index contributed by atoms with van der Waals surface area (Å²) in [6.07, 6.45) is 6.04. The second-order valence-corrected chi connectivity index (χ2v) is 7.44. The zero-order valence-corrected chi connectivity index (χ0v) is 16.5. The van der Waals surface area contributed by atoms with Crippen LogP contribution in [0.15, 0.2) is 42.7 Å². The molecule has 1 aliphatic heterocycles. The standard InChI is InChI=1S/C21H31N5O/c1-18(23-21(27)9-8-19-16-22-24(2)17-19)10-11-25-12-14-26(15-13-25)20-6-4-3-5-7-20/h3-7,16-18H,8-15H2,1-2H3,(H,23,27)/t18-/m0/s1. The number of hydrogen-bond acceptors (Lipinski definition) is 4. The van der Waals surface area contributed by atoms with Crippen molar-refractivity contribution < 1.29 is 4.79 Å². The lowest BCUT2D eigenvalue weighted by Gasteiger charge is -2.36. The van der Waals surface area contributed by atoms with Crippen molar-refractivity contribution in [2.24, 2.45) is 7.05 Å². The molecule has 1 aromatic carbocycles. The van der Waals surface area contributed by atoms with Gasteiger partial charge in [-0.1, -0.05) is 18.2 Å². The first-order valence-electron chi connectivity index (χ1n) is 9.89. The van der Waals surface area contributed by atoms with E-state index in [9.17, 15) is 4.79 Å². The molecule has 6 heteroatoms. The highest BCUT2D eigenvalue weighted by Crippen LogP contribution is 2.15. The first kappa shape index (κ1) is 19.4. The summed E-state index contributed by atoms with van der Waals surface area (Å²) in [5.41, 5.74) is 2.42. The maximum absolute atomic E-state index is 12.1. The number of piperazine rings is 1. The van der Waals surface area contributed by atoms with Gasteiger partial charge >= 0.3 is 0 Å². The van der Waals surface area contributed by atoms with Crippen LogP contribution in [0.5, 0.6) is 0 Å². The third kappa shape index (κ3) is 6.10. The van der Waals surface area contributed by atoms with Crippen LogP contribution in [0.2, 0.25) is 0 Å². The van der Waals surface area contributed by atoms with Crippen molar-refractivity contribution in [3.8, 4) is 0 Å². The van der Waals surface area contributed by atoms with Gasteiger partial charge in [-0.25, -0.2) is 0 Å². The Morgan fingerprint density at radius 2 is 1.93 bits per heavy atom. The molecule has 0 bridgehead atoms.